The molecule has 1 saturated heterocycles. The summed E-state index contributed by atoms with van der Waals surface area (Å²) >= 11 is 0. The molecule has 1 aromatic carbocycles. The van der Waals surface area contributed by atoms with Crippen LogP contribution in [0.5, 0.6) is 5.75 Å². The van der Waals surface area contributed by atoms with Gasteiger partial charge < -0.3 is 9.64 Å². The predicted molar refractivity (Wildman–Crippen MR) is 111 cm³/mol. The number of sulfonamides is 1. The molecule has 9 nitrogen and oxygen atoms in total. The molecule has 30 heavy (non-hydrogen) atoms. The minimum absolute atomic E-state index is 0.202. The first kappa shape index (κ1) is 19.3. The number of piperidine rings is 1. The van der Waals surface area contributed by atoms with Gasteiger partial charge in [-0.3, -0.25) is 0 Å². The molecule has 2 aliphatic heterocycles. The van der Waals surface area contributed by atoms with E-state index in [4.69, 9.17) is 4.74 Å². The van der Waals surface area contributed by atoms with Crippen molar-refractivity contribution in [2.45, 2.75) is 30.6 Å². The first-order valence-electron chi connectivity index (χ1n) is 10.1. The number of benzene rings is 1. The molecule has 0 bridgehead atoms. The molecule has 158 valence electrons. The van der Waals surface area contributed by atoms with Crippen LogP contribution >= 0.6 is 0 Å². The number of hydrogen-bond donors (Lipinski definition) is 0. The lowest BCUT2D eigenvalue weighted by Gasteiger charge is -2.32. The number of hydrogen-bond acceptors (Lipinski definition) is 7. The van der Waals surface area contributed by atoms with Gasteiger partial charge in [0.15, 0.2) is 5.65 Å². The lowest BCUT2D eigenvalue weighted by molar-refractivity contribution is 0.309. The summed E-state index contributed by atoms with van der Waals surface area (Å²) < 4.78 is 35.3. The number of fused-ring (bicyclic) bond motifs is 2. The van der Waals surface area contributed by atoms with Crippen LogP contribution in [0.3, 0.4) is 0 Å². The Morgan fingerprint density at radius 3 is 2.73 bits per heavy atom. The van der Waals surface area contributed by atoms with Crippen LogP contribution in [0.4, 0.5) is 5.69 Å². The van der Waals surface area contributed by atoms with Gasteiger partial charge in [-0.15, -0.1) is 9.73 Å². The normalized spacial score (nSPS) is 18.4. The van der Waals surface area contributed by atoms with Gasteiger partial charge in [0.25, 0.3) is 0 Å². The number of aromatic nitrogens is 4. The molecule has 2 aliphatic rings. The Labute approximate surface area is 175 Å². The van der Waals surface area contributed by atoms with E-state index in [2.05, 4.69) is 15.2 Å². The summed E-state index contributed by atoms with van der Waals surface area (Å²) in [5.41, 5.74) is 3.57. The number of likely N-dealkylation sites (N-methyl/N-ethyl adjacent to an activating group) is 1. The van der Waals surface area contributed by atoms with Crippen molar-refractivity contribution >= 4 is 21.4 Å². The highest BCUT2D eigenvalue weighted by Gasteiger charge is 2.32. The second-order valence-corrected chi connectivity index (χ2v) is 9.84. The molecule has 0 N–H and O–H groups in total. The molecular weight excluding hydrogens is 404 g/mol. The number of ether oxygens (including phenoxy) is 1. The average Bonchev–Trinajstić information content (AvgIpc) is 3.20. The Hall–Kier alpha value is -2.72. The molecule has 2 aromatic heterocycles. The van der Waals surface area contributed by atoms with Crippen LogP contribution in [0.15, 0.2) is 35.5 Å². The maximum absolute atomic E-state index is 13.3. The maximum Gasteiger partial charge on any atom is 0.243 e. The molecule has 0 unspecified atom stereocenters. The zero-order valence-corrected chi connectivity index (χ0v) is 17.8. The van der Waals surface area contributed by atoms with Crippen LogP contribution in [0.25, 0.3) is 5.65 Å². The van der Waals surface area contributed by atoms with Gasteiger partial charge in [0.05, 0.1) is 22.8 Å². The molecule has 10 heteroatoms. The Kier molecular flexibility index (Phi) is 4.62. The Bertz CT molecular complexity index is 1200. The molecule has 1 fully saturated rings. The van der Waals surface area contributed by atoms with E-state index in [1.807, 2.05) is 24.9 Å². The first-order valence-corrected chi connectivity index (χ1v) is 11.5. The molecule has 0 saturated carbocycles. The summed E-state index contributed by atoms with van der Waals surface area (Å²) in [6.07, 6.45) is 2.93. The smallest absolute Gasteiger partial charge is 0.243 e. The highest BCUT2D eigenvalue weighted by Crippen LogP contribution is 2.35. The van der Waals surface area contributed by atoms with Crippen molar-refractivity contribution in [3.8, 4) is 5.75 Å². The third kappa shape index (κ3) is 3.20. The topological polar surface area (TPSA) is 92.9 Å². The van der Waals surface area contributed by atoms with Crippen LogP contribution in [-0.2, 0) is 10.0 Å². The first-order chi connectivity index (χ1) is 14.4. The van der Waals surface area contributed by atoms with Crippen molar-refractivity contribution in [2.24, 2.45) is 0 Å². The molecule has 0 aliphatic carbocycles. The fourth-order valence-corrected chi connectivity index (χ4v) is 5.77. The van der Waals surface area contributed by atoms with Gasteiger partial charge in [0, 0.05) is 26.1 Å². The van der Waals surface area contributed by atoms with E-state index in [9.17, 15) is 8.42 Å². The van der Waals surface area contributed by atoms with Gasteiger partial charge in [0.2, 0.25) is 10.0 Å². The average molecular weight is 429 g/mol. The summed E-state index contributed by atoms with van der Waals surface area (Å²) in [5, 5.41) is 8.74. The standard InChI is InChI=1S/C20H24N6O3S/c1-14-11-19-21-13-22-26(19)23-20(14)15-5-7-25(8-6-15)30(27,28)16-3-4-18-17(12-16)24(2)9-10-29-18/h3-4,11-13,15H,5-10H2,1-2H3. The van der Waals surface area contributed by atoms with Crippen molar-refractivity contribution in [3.63, 3.8) is 0 Å². The van der Waals surface area contributed by atoms with Crippen LogP contribution in [0.1, 0.15) is 30.0 Å². The molecule has 0 amide bonds. The van der Waals surface area contributed by atoms with E-state index in [1.165, 1.54) is 11.0 Å². The number of nitrogens with zero attached hydrogens (tertiary/aromatic N) is 6. The highest BCUT2D eigenvalue weighted by molar-refractivity contribution is 7.89. The predicted octanol–water partition coefficient (Wildman–Crippen LogP) is 1.83. The zero-order valence-electron chi connectivity index (χ0n) is 17.0. The molecular formula is C20H24N6O3S. The molecule has 5 rings (SSSR count). The van der Waals surface area contributed by atoms with E-state index >= 15 is 0 Å². The fourth-order valence-electron chi connectivity index (χ4n) is 4.28. The monoisotopic (exact) mass is 428 g/mol. The van der Waals surface area contributed by atoms with Crippen molar-refractivity contribution < 1.29 is 13.2 Å². The molecule has 0 radical (unpaired) electrons. The molecule has 0 spiro atoms. The fraction of sp³-hybridized carbons (Fsp3) is 0.450. The summed E-state index contributed by atoms with van der Waals surface area (Å²) in [5.74, 6) is 0.930. The minimum atomic E-state index is -3.56. The van der Waals surface area contributed by atoms with Gasteiger partial charge in [-0.1, -0.05) is 0 Å². The SMILES string of the molecule is Cc1cc2ncnn2nc1C1CCN(S(=O)(=O)c2ccc3c(c2)N(C)CCO3)CC1. The second-order valence-electron chi connectivity index (χ2n) is 7.90. The van der Waals surface area contributed by atoms with Gasteiger partial charge in [-0.25, -0.2) is 13.4 Å². The van der Waals surface area contributed by atoms with Crippen molar-refractivity contribution in [2.75, 3.05) is 38.2 Å². The number of aryl methyl sites for hydroxylation is 1. The van der Waals surface area contributed by atoms with E-state index in [1.54, 1.807) is 22.5 Å². The molecule has 0 atom stereocenters. The lowest BCUT2D eigenvalue weighted by Crippen LogP contribution is -2.38. The van der Waals surface area contributed by atoms with Crippen molar-refractivity contribution in [1.82, 2.24) is 24.1 Å². The second kappa shape index (κ2) is 7.21. The van der Waals surface area contributed by atoms with E-state index in [0.29, 0.717) is 24.6 Å². The zero-order chi connectivity index (χ0) is 20.9. The van der Waals surface area contributed by atoms with E-state index in [0.717, 1.165) is 47.7 Å². The Morgan fingerprint density at radius 2 is 1.93 bits per heavy atom. The van der Waals surface area contributed by atoms with Crippen LogP contribution in [0.2, 0.25) is 0 Å². The summed E-state index contributed by atoms with van der Waals surface area (Å²) in [4.78, 5) is 6.51. The third-order valence-electron chi connectivity index (χ3n) is 6.01. The Morgan fingerprint density at radius 1 is 1.13 bits per heavy atom. The lowest BCUT2D eigenvalue weighted by atomic mass is 9.92. The van der Waals surface area contributed by atoms with E-state index < -0.39 is 10.0 Å². The number of rotatable bonds is 3. The highest BCUT2D eigenvalue weighted by atomic mass is 32.2. The van der Waals surface area contributed by atoms with Crippen LogP contribution in [-0.4, -0.2) is 65.8 Å². The van der Waals surface area contributed by atoms with Gasteiger partial charge >= 0.3 is 0 Å². The van der Waals surface area contributed by atoms with Crippen molar-refractivity contribution in [1.29, 1.82) is 0 Å². The summed E-state index contributed by atoms with van der Waals surface area (Å²) in [6.45, 7) is 4.30. The van der Waals surface area contributed by atoms with Crippen LogP contribution in [0, 0.1) is 6.92 Å². The maximum atomic E-state index is 13.3. The summed E-state index contributed by atoms with van der Waals surface area (Å²) in [7, 11) is -1.61. The minimum Gasteiger partial charge on any atom is -0.490 e. The summed E-state index contributed by atoms with van der Waals surface area (Å²) in [6, 6.07) is 7.10. The molecule has 3 aromatic rings. The largest absolute Gasteiger partial charge is 0.490 e. The quantitative estimate of drug-likeness (QED) is 0.628. The number of anilines is 1. The third-order valence-corrected chi connectivity index (χ3v) is 7.91. The van der Waals surface area contributed by atoms with Gasteiger partial charge in [-0.2, -0.15) is 9.40 Å². The van der Waals surface area contributed by atoms with Gasteiger partial charge in [-0.05, 0) is 49.6 Å². The molecule has 4 heterocycles. The van der Waals surface area contributed by atoms with Gasteiger partial charge in [0.1, 0.15) is 18.7 Å². The van der Waals surface area contributed by atoms with E-state index in [-0.39, 0.29) is 5.92 Å². The van der Waals surface area contributed by atoms with Crippen molar-refractivity contribution in [3.05, 3.63) is 41.9 Å². The van der Waals surface area contributed by atoms with Crippen LogP contribution < -0.4 is 9.64 Å². The Balaban J connectivity index is 1.35.